The van der Waals surface area contributed by atoms with Gasteiger partial charge >= 0.3 is 0 Å². The first-order chi connectivity index (χ1) is 21.3. The number of ether oxygens (including phenoxy) is 2. The number of hydrogen-bond acceptors (Lipinski definition) is 14. The summed E-state index contributed by atoms with van der Waals surface area (Å²) >= 11 is 5.87. The smallest absolute Gasteiger partial charge is 0.271 e. The molecule has 218 valence electrons. The number of nitrogens with zero attached hydrogens (tertiary/aromatic N) is 6. The van der Waals surface area contributed by atoms with Crippen LogP contribution in [0.2, 0.25) is 0 Å². The molecule has 4 aromatic heterocycles. The van der Waals surface area contributed by atoms with Gasteiger partial charge in [-0.1, -0.05) is 47.0 Å². The van der Waals surface area contributed by atoms with Gasteiger partial charge in [0.15, 0.2) is 0 Å². The Hall–Kier alpha value is -3.54. The average molecular weight is 661 g/mol. The topological polar surface area (TPSA) is 154 Å². The molecule has 2 unspecified atom stereocenters. The van der Waals surface area contributed by atoms with E-state index in [1.165, 1.54) is 71.6 Å². The molecular formula is C28H16N6O6S4. The molecule has 0 spiro atoms. The van der Waals surface area contributed by atoms with E-state index in [1.54, 1.807) is 13.8 Å². The molecule has 5 aromatic rings. The molecule has 9 rings (SSSR count). The summed E-state index contributed by atoms with van der Waals surface area (Å²) in [6.45, 7) is 4.59. The second-order valence-corrected chi connectivity index (χ2v) is 15.0. The number of aromatic nitrogens is 6. The van der Waals surface area contributed by atoms with Crippen molar-refractivity contribution in [3.05, 3.63) is 98.9 Å². The molecule has 1 aromatic carbocycles. The van der Waals surface area contributed by atoms with Crippen LogP contribution in [0.3, 0.4) is 0 Å². The third-order valence-electron chi connectivity index (χ3n) is 7.64. The first-order valence-electron chi connectivity index (χ1n) is 13.3. The number of fused-ring (bicyclic) bond motifs is 4. The molecule has 0 saturated carbocycles. The Morgan fingerprint density at radius 3 is 1.36 bits per heavy atom. The van der Waals surface area contributed by atoms with E-state index in [-0.39, 0.29) is 23.8 Å². The van der Waals surface area contributed by atoms with Crippen LogP contribution in [-0.2, 0) is 9.47 Å². The zero-order valence-electron chi connectivity index (χ0n) is 22.6. The lowest BCUT2D eigenvalue weighted by Crippen LogP contribution is -2.40. The molecule has 44 heavy (non-hydrogen) atoms. The second kappa shape index (κ2) is 9.48. The Labute approximate surface area is 262 Å². The highest BCUT2D eigenvalue weighted by Crippen LogP contribution is 2.67. The van der Waals surface area contributed by atoms with Crippen molar-refractivity contribution in [3.63, 3.8) is 0 Å². The molecule has 0 aliphatic carbocycles. The normalized spacial score (nSPS) is 20.0. The minimum absolute atomic E-state index is 0.0677. The summed E-state index contributed by atoms with van der Waals surface area (Å²) in [5, 5.41) is 0.731. The summed E-state index contributed by atoms with van der Waals surface area (Å²) in [6, 6.07) is 2.49. The van der Waals surface area contributed by atoms with Crippen LogP contribution >= 0.6 is 47.0 Å². The molecule has 0 radical (unpaired) electrons. The largest absolute Gasteiger partial charge is 0.368 e. The van der Waals surface area contributed by atoms with E-state index in [1.807, 2.05) is 0 Å². The maximum absolute atomic E-state index is 13.7. The molecular weight excluding hydrogens is 645 g/mol. The van der Waals surface area contributed by atoms with Crippen LogP contribution in [0, 0.1) is 13.8 Å². The lowest BCUT2D eigenvalue weighted by molar-refractivity contribution is 0.401. The minimum Gasteiger partial charge on any atom is -0.368 e. The number of epoxide rings is 2. The molecule has 0 bridgehead atoms. The summed E-state index contributed by atoms with van der Waals surface area (Å²) in [5.74, 6) is 0.135. The highest BCUT2D eigenvalue weighted by Gasteiger charge is 2.45. The van der Waals surface area contributed by atoms with Crippen LogP contribution < -0.4 is 32.7 Å². The third-order valence-corrected chi connectivity index (χ3v) is 13.0. The molecule has 2 atom stereocenters. The van der Waals surface area contributed by atoms with Crippen molar-refractivity contribution in [1.29, 1.82) is 0 Å². The highest BCUT2D eigenvalue weighted by atomic mass is 32.2. The number of thioether (sulfide) groups is 4. The van der Waals surface area contributed by atoms with E-state index < -0.39 is 22.2 Å². The van der Waals surface area contributed by atoms with Crippen molar-refractivity contribution >= 4 is 67.1 Å². The number of benzene rings is 1. The number of hydrogen-bond donors (Lipinski definition) is 0. The van der Waals surface area contributed by atoms with Crippen LogP contribution in [-0.4, -0.2) is 42.0 Å². The zero-order chi connectivity index (χ0) is 30.0. The van der Waals surface area contributed by atoms with Crippen molar-refractivity contribution in [2.24, 2.45) is 0 Å². The summed E-state index contributed by atoms with van der Waals surface area (Å²) in [6.07, 6.45) is 2.40. The standard InChI is InChI=1S/C28H16N6O6S4/c1-9-15(23(37)33-13(35)3-5-29-27(33)31-9)25-41-19-17(11-7-39-11)21-22(18(12-8-40-12)20(19)42-25)44-26(43-21)16-10(2)32-28-30-6-4-14(36)34(28)24(16)38/h3-6,11-12H,7-8H2,1-2H3. The molecule has 2 saturated heterocycles. The van der Waals surface area contributed by atoms with E-state index in [0.717, 1.165) is 48.0 Å². The van der Waals surface area contributed by atoms with Crippen LogP contribution in [0.1, 0.15) is 34.7 Å². The first kappa shape index (κ1) is 26.8. The van der Waals surface area contributed by atoms with Gasteiger partial charge in [0.1, 0.15) is 12.2 Å². The lowest BCUT2D eigenvalue weighted by atomic mass is 10.1. The fraction of sp³-hybridized carbons (Fsp3) is 0.214. The van der Waals surface area contributed by atoms with Crippen LogP contribution in [0.15, 0.2) is 63.3 Å². The molecule has 4 aliphatic rings. The van der Waals surface area contributed by atoms with Crippen LogP contribution in [0.5, 0.6) is 0 Å². The van der Waals surface area contributed by atoms with Gasteiger partial charge in [-0.25, -0.2) is 28.7 Å². The molecule has 12 nitrogen and oxygen atoms in total. The third kappa shape index (κ3) is 3.85. The molecule has 0 amide bonds. The Kier molecular flexibility index (Phi) is 5.78. The van der Waals surface area contributed by atoms with E-state index in [4.69, 9.17) is 9.47 Å². The Bertz CT molecular complexity index is 2330. The second-order valence-electron chi connectivity index (χ2n) is 10.4. The number of aryl methyl sites for hydroxylation is 2. The van der Waals surface area contributed by atoms with Crippen molar-refractivity contribution in [2.75, 3.05) is 13.2 Å². The molecule has 8 heterocycles. The highest BCUT2D eigenvalue weighted by molar-refractivity contribution is 8.33. The first-order valence-corrected chi connectivity index (χ1v) is 16.6. The summed E-state index contributed by atoms with van der Waals surface area (Å²) in [4.78, 5) is 73.6. The summed E-state index contributed by atoms with van der Waals surface area (Å²) < 4.78 is 15.1. The zero-order valence-corrected chi connectivity index (χ0v) is 25.9. The molecule has 4 aliphatic heterocycles. The van der Waals surface area contributed by atoms with Crippen LogP contribution in [0.4, 0.5) is 0 Å². The van der Waals surface area contributed by atoms with E-state index in [9.17, 15) is 19.2 Å². The van der Waals surface area contributed by atoms with Crippen molar-refractivity contribution in [1.82, 2.24) is 28.7 Å². The fourth-order valence-corrected chi connectivity index (χ4v) is 11.7. The Morgan fingerprint density at radius 2 is 1.02 bits per heavy atom. The van der Waals surface area contributed by atoms with Gasteiger partial charge in [-0.3, -0.25) is 19.2 Å². The summed E-state index contributed by atoms with van der Waals surface area (Å²) in [5.41, 5.74) is 1.09. The Balaban J connectivity index is 1.29. The lowest BCUT2D eigenvalue weighted by Gasteiger charge is -2.14. The monoisotopic (exact) mass is 660 g/mol. The van der Waals surface area contributed by atoms with Gasteiger partial charge in [0, 0.05) is 55.2 Å². The van der Waals surface area contributed by atoms with Gasteiger partial charge in [-0.15, -0.1) is 0 Å². The predicted octanol–water partition coefficient (Wildman–Crippen LogP) is 1.34. The molecule has 0 N–H and O–H groups in total. The van der Waals surface area contributed by atoms with Gasteiger partial charge in [0.25, 0.3) is 22.2 Å². The van der Waals surface area contributed by atoms with Gasteiger partial charge < -0.3 is 9.47 Å². The maximum atomic E-state index is 13.7. The molecule has 2 fully saturated rings. The average Bonchev–Trinajstić information content (AvgIpc) is 3.90. The Morgan fingerprint density at radius 1 is 0.659 bits per heavy atom. The summed E-state index contributed by atoms with van der Waals surface area (Å²) in [7, 11) is 0. The predicted molar refractivity (Wildman–Crippen MR) is 165 cm³/mol. The van der Waals surface area contributed by atoms with Crippen molar-refractivity contribution < 1.29 is 9.47 Å². The quantitative estimate of drug-likeness (QED) is 0.250. The molecule has 16 heteroatoms. The fourth-order valence-electron chi connectivity index (χ4n) is 5.48. The number of rotatable bonds is 2. The minimum atomic E-state index is -0.483. The van der Waals surface area contributed by atoms with Crippen molar-refractivity contribution in [2.45, 2.75) is 45.6 Å². The van der Waals surface area contributed by atoms with E-state index in [0.29, 0.717) is 35.0 Å². The van der Waals surface area contributed by atoms with Gasteiger partial charge in [-0.2, -0.15) is 0 Å². The van der Waals surface area contributed by atoms with E-state index in [2.05, 4.69) is 19.9 Å². The van der Waals surface area contributed by atoms with Gasteiger partial charge in [0.2, 0.25) is 11.6 Å². The van der Waals surface area contributed by atoms with Gasteiger partial charge in [0.05, 0.1) is 43.5 Å². The van der Waals surface area contributed by atoms with E-state index >= 15 is 0 Å². The van der Waals surface area contributed by atoms with Gasteiger partial charge in [-0.05, 0) is 13.8 Å². The SMILES string of the molecule is Cc1nc2nccc(=O)n2c(=O)c1=C1Sc2c(c(C3CO3)c3c(c2C2CO2)SC(=c2c(C)nc4nccc(=O)n4c2=O)S3)S1. The maximum Gasteiger partial charge on any atom is 0.271 e. The van der Waals surface area contributed by atoms with Crippen LogP contribution in [0.25, 0.3) is 20.0 Å². The van der Waals surface area contributed by atoms with Crippen molar-refractivity contribution in [3.8, 4) is 0 Å².